The van der Waals surface area contributed by atoms with Gasteiger partial charge in [-0.1, -0.05) is 6.08 Å². The number of hydrogen-bond donors (Lipinski definition) is 0. The number of amides is 4. The second-order valence-electron chi connectivity index (χ2n) is 2.71. The Morgan fingerprint density at radius 2 is 1.38 bits per heavy atom. The number of nitrogens with zero attached hydrogens (tertiary/aromatic N) is 2. The Bertz CT molecular complexity index is 293. The molecule has 1 rings (SSSR count). The zero-order chi connectivity index (χ0) is 10.2. The Morgan fingerprint density at radius 1 is 1.00 bits per heavy atom. The fourth-order valence-electron chi connectivity index (χ4n) is 1.10. The number of carbonyl (C=O) groups is 3. The van der Waals surface area contributed by atoms with Crippen molar-refractivity contribution in [2.75, 3.05) is 14.1 Å². The predicted octanol–water partition coefficient (Wildman–Crippen LogP) is -0.0169. The third-order valence-corrected chi connectivity index (χ3v) is 1.93. The van der Waals surface area contributed by atoms with Crippen LogP contribution in [0.25, 0.3) is 0 Å². The van der Waals surface area contributed by atoms with Crippen LogP contribution in [0.15, 0.2) is 11.6 Å². The third kappa shape index (κ3) is 1.22. The SMILES string of the molecule is CC=C1C(=O)N(C)C(=O)N(C)C1=O. The highest BCUT2D eigenvalue weighted by molar-refractivity contribution is 6.28. The maximum Gasteiger partial charge on any atom is 0.333 e. The summed E-state index contributed by atoms with van der Waals surface area (Å²) in [5, 5.41) is 0. The van der Waals surface area contributed by atoms with Gasteiger partial charge in [-0.15, -0.1) is 0 Å². The lowest BCUT2D eigenvalue weighted by molar-refractivity contribution is -0.134. The molecule has 1 fully saturated rings. The van der Waals surface area contributed by atoms with E-state index in [2.05, 4.69) is 0 Å². The van der Waals surface area contributed by atoms with Crippen molar-refractivity contribution >= 4 is 17.8 Å². The average Bonchev–Trinajstić information content (AvgIpc) is 2.13. The first-order valence-electron chi connectivity index (χ1n) is 3.77. The van der Waals surface area contributed by atoms with Gasteiger partial charge in [0.1, 0.15) is 5.57 Å². The Labute approximate surface area is 75.6 Å². The van der Waals surface area contributed by atoms with E-state index in [-0.39, 0.29) is 5.57 Å². The van der Waals surface area contributed by atoms with Crippen LogP contribution in [0, 0.1) is 0 Å². The van der Waals surface area contributed by atoms with Gasteiger partial charge in [0.2, 0.25) is 0 Å². The second-order valence-corrected chi connectivity index (χ2v) is 2.71. The molecule has 0 aromatic carbocycles. The minimum absolute atomic E-state index is 0.0320. The van der Waals surface area contributed by atoms with Gasteiger partial charge in [0.15, 0.2) is 0 Å². The average molecular weight is 182 g/mol. The summed E-state index contributed by atoms with van der Waals surface area (Å²) in [6.07, 6.45) is 1.41. The number of allylic oxidation sites excluding steroid dienone is 1. The molecule has 0 N–H and O–H groups in total. The van der Waals surface area contributed by atoms with E-state index in [4.69, 9.17) is 0 Å². The molecular weight excluding hydrogens is 172 g/mol. The molecule has 0 aromatic rings. The van der Waals surface area contributed by atoms with Crippen LogP contribution in [-0.2, 0) is 9.59 Å². The van der Waals surface area contributed by atoms with Crippen LogP contribution >= 0.6 is 0 Å². The highest BCUT2D eigenvalue weighted by Gasteiger charge is 2.37. The van der Waals surface area contributed by atoms with E-state index >= 15 is 0 Å². The molecule has 0 aromatic heterocycles. The van der Waals surface area contributed by atoms with Crippen LogP contribution in [0.4, 0.5) is 4.79 Å². The molecule has 0 radical (unpaired) electrons. The summed E-state index contributed by atoms with van der Waals surface area (Å²) in [7, 11) is 2.69. The van der Waals surface area contributed by atoms with Gasteiger partial charge in [0, 0.05) is 14.1 Å². The van der Waals surface area contributed by atoms with Crippen molar-refractivity contribution in [3.05, 3.63) is 11.6 Å². The zero-order valence-corrected chi connectivity index (χ0v) is 7.70. The Kier molecular flexibility index (Phi) is 2.18. The molecule has 1 aliphatic heterocycles. The highest BCUT2D eigenvalue weighted by Crippen LogP contribution is 2.13. The van der Waals surface area contributed by atoms with E-state index in [0.717, 1.165) is 9.80 Å². The summed E-state index contributed by atoms with van der Waals surface area (Å²) >= 11 is 0. The number of barbiturate groups is 1. The minimum Gasteiger partial charge on any atom is -0.268 e. The zero-order valence-electron chi connectivity index (χ0n) is 7.70. The molecule has 5 nitrogen and oxygen atoms in total. The Hall–Kier alpha value is -1.65. The van der Waals surface area contributed by atoms with Crippen LogP contribution < -0.4 is 0 Å². The fraction of sp³-hybridized carbons (Fsp3) is 0.375. The van der Waals surface area contributed by atoms with Gasteiger partial charge in [-0.25, -0.2) is 4.79 Å². The molecule has 4 amide bonds. The molecule has 70 valence electrons. The first kappa shape index (κ1) is 9.44. The van der Waals surface area contributed by atoms with Crippen molar-refractivity contribution in [2.24, 2.45) is 0 Å². The van der Waals surface area contributed by atoms with E-state index in [1.807, 2.05) is 0 Å². The summed E-state index contributed by atoms with van der Waals surface area (Å²) in [5.74, 6) is -1.09. The maximum absolute atomic E-state index is 11.3. The normalized spacial score (nSPS) is 18.4. The van der Waals surface area contributed by atoms with Gasteiger partial charge in [-0.05, 0) is 6.92 Å². The van der Waals surface area contributed by atoms with Crippen LogP contribution in [-0.4, -0.2) is 41.7 Å². The van der Waals surface area contributed by atoms with Gasteiger partial charge in [0.05, 0.1) is 0 Å². The van der Waals surface area contributed by atoms with E-state index in [9.17, 15) is 14.4 Å². The molecule has 1 heterocycles. The van der Waals surface area contributed by atoms with Crippen molar-refractivity contribution in [1.82, 2.24) is 9.80 Å². The Morgan fingerprint density at radius 3 is 1.69 bits per heavy atom. The van der Waals surface area contributed by atoms with Crippen LogP contribution in [0.5, 0.6) is 0 Å². The highest BCUT2D eigenvalue weighted by atomic mass is 16.2. The summed E-state index contributed by atoms with van der Waals surface area (Å²) in [6.45, 7) is 1.59. The summed E-state index contributed by atoms with van der Waals surface area (Å²) < 4.78 is 0. The molecule has 1 aliphatic rings. The molecule has 0 unspecified atom stereocenters. The molecule has 5 heteroatoms. The van der Waals surface area contributed by atoms with Crippen molar-refractivity contribution < 1.29 is 14.4 Å². The first-order chi connectivity index (χ1) is 6.00. The van der Waals surface area contributed by atoms with Crippen molar-refractivity contribution in [3.63, 3.8) is 0 Å². The monoisotopic (exact) mass is 182 g/mol. The van der Waals surface area contributed by atoms with E-state index < -0.39 is 17.8 Å². The van der Waals surface area contributed by atoms with E-state index in [0.29, 0.717) is 0 Å². The van der Waals surface area contributed by atoms with Gasteiger partial charge in [-0.2, -0.15) is 0 Å². The number of carbonyl (C=O) groups excluding carboxylic acids is 3. The third-order valence-electron chi connectivity index (χ3n) is 1.93. The standard InChI is InChI=1S/C8H10N2O3/c1-4-5-6(11)9(2)8(13)10(3)7(5)12/h4H,1-3H3. The van der Waals surface area contributed by atoms with Crippen LogP contribution in [0.2, 0.25) is 0 Å². The largest absolute Gasteiger partial charge is 0.333 e. The number of urea groups is 1. The summed E-state index contributed by atoms with van der Waals surface area (Å²) in [4.78, 5) is 35.6. The fourth-order valence-corrected chi connectivity index (χ4v) is 1.10. The van der Waals surface area contributed by atoms with E-state index in [1.165, 1.54) is 20.2 Å². The number of imide groups is 2. The van der Waals surface area contributed by atoms with Crippen molar-refractivity contribution in [2.45, 2.75) is 6.92 Å². The maximum atomic E-state index is 11.3. The quantitative estimate of drug-likeness (QED) is 0.391. The van der Waals surface area contributed by atoms with Gasteiger partial charge < -0.3 is 0 Å². The molecule has 0 saturated carbocycles. The lowest BCUT2D eigenvalue weighted by atomic mass is 10.1. The lowest BCUT2D eigenvalue weighted by Gasteiger charge is -2.28. The molecular formula is C8H10N2O3. The lowest BCUT2D eigenvalue weighted by Crippen LogP contribution is -2.52. The first-order valence-corrected chi connectivity index (χ1v) is 3.77. The molecule has 0 aliphatic carbocycles. The number of rotatable bonds is 0. The molecule has 13 heavy (non-hydrogen) atoms. The molecule has 0 bridgehead atoms. The topological polar surface area (TPSA) is 57.7 Å². The second kappa shape index (κ2) is 3.01. The minimum atomic E-state index is -0.597. The molecule has 0 spiro atoms. The number of hydrogen-bond acceptors (Lipinski definition) is 3. The van der Waals surface area contributed by atoms with Crippen LogP contribution in [0.1, 0.15) is 6.92 Å². The van der Waals surface area contributed by atoms with Gasteiger partial charge >= 0.3 is 6.03 Å². The molecule has 0 atom stereocenters. The smallest absolute Gasteiger partial charge is 0.268 e. The van der Waals surface area contributed by atoms with Crippen molar-refractivity contribution in [1.29, 1.82) is 0 Å². The molecule has 1 saturated heterocycles. The van der Waals surface area contributed by atoms with E-state index in [1.54, 1.807) is 6.92 Å². The Balaban J connectivity index is 3.14. The van der Waals surface area contributed by atoms with Crippen molar-refractivity contribution in [3.8, 4) is 0 Å². The predicted molar refractivity (Wildman–Crippen MR) is 44.7 cm³/mol. The van der Waals surface area contributed by atoms with Gasteiger partial charge in [-0.3, -0.25) is 19.4 Å². The van der Waals surface area contributed by atoms with Crippen LogP contribution in [0.3, 0.4) is 0 Å². The van der Waals surface area contributed by atoms with Gasteiger partial charge in [0.25, 0.3) is 11.8 Å². The summed E-state index contributed by atoms with van der Waals surface area (Å²) in [5.41, 5.74) is 0.0320. The number of likely N-dealkylation sites (N-methyl/N-ethyl adjacent to an activating group) is 2. The summed E-state index contributed by atoms with van der Waals surface area (Å²) in [6, 6.07) is -0.597.